The second kappa shape index (κ2) is 6.02. The van der Waals surface area contributed by atoms with Gasteiger partial charge in [-0.2, -0.15) is 5.26 Å². The molecule has 1 aromatic rings. The fourth-order valence-electron chi connectivity index (χ4n) is 1.41. The summed E-state index contributed by atoms with van der Waals surface area (Å²) in [7, 11) is 0. The molecule has 0 unspecified atom stereocenters. The molecule has 1 aliphatic heterocycles. The first-order chi connectivity index (χ1) is 9.08. The van der Waals surface area contributed by atoms with Gasteiger partial charge < -0.3 is 5.32 Å². The molecule has 0 aromatic heterocycles. The van der Waals surface area contributed by atoms with Gasteiger partial charge >= 0.3 is 0 Å². The first-order valence-corrected chi connectivity index (χ1v) is 6.81. The van der Waals surface area contributed by atoms with Gasteiger partial charge in [-0.25, -0.2) is 0 Å². The van der Waals surface area contributed by atoms with E-state index in [1.807, 2.05) is 6.07 Å². The monoisotopic (exact) mass is 306 g/mol. The van der Waals surface area contributed by atoms with Gasteiger partial charge in [-0.3, -0.25) is 4.79 Å². The van der Waals surface area contributed by atoms with Crippen LogP contribution in [0.1, 0.15) is 5.56 Å². The summed E-state index contributed by atoms with van der Waals surface area (Å²) in [4.78, 5) is 11.9. The minimum atomic E-state index is -0.271. The van der Waals surface area contributed by atoms with Crippen LogP contribution in [-0.2, 0) is 4.79 Å². The van der Waals surface area contributed by atoms with Crippen molar-refractivity contribution in [3.05, 3.63) is 51.4 Å². The number of hydrogen-bond donors (Lipinski definition) is 1. The zero-order chi connectivity index (χ0) is 13.8. The van der Waals surface area contributed by atoms with Gasteiger partial charge in [0.1, 0.15) is 4.32 Å². The number of hydrogen-bond acceptors (Lipinski definition) is 4. The molecular formula is C13H7ClN2OS2. The standard InChI is InChI=1S/C13H7ClN2OS2/c14-10-3-1-8(2-4-10)5-9(7-15)6-11-12(17)16-13(18)19-11/h1-6H,(H,16,17,18)/b9-5-,11-6-. The summed E-state index contributed by atoms with van der Waals surface area (Å²) in [6, 6.07) is 9.11. The van der Waals surface area contributed by atoms with Crippen LogP contribution in [0.25, 0.3) is 6.08 Å². The highest BCUT2D eigenvalue weighted by molar-refractivity contribution is 8.26. The molecule has 19 heavy (non-hydrogen) atoms. The average molecular weight is 307 g/mol. The Labute approximate surface area is 124 Å². The minimum absolute atomic E-state index is 0.271. The lowest BCUT2D eigenvalue weighted by Gasteiger charge is -1.95. The Kier molecular flexibility index (Phi) is 4.38. The van der Waals surface area contributed by atoms with Crippen LogP contribution in [0, 0.1) is 11.3 Å². The lowest BCUT2D eigenvalue weighted by Crippen LogP contribution is -2.17. The molecule has 3 nitrogen and oxygen atoms in total. The second-order valence-electron chi connectivity index (χ2n) is 3.62. The van der Waals surface area contributed by atoms with Crippen LogP contribution in [0.15, 0.2) is 40.8 Å². The smallest absolute Gasteiger partial charge is 0.263 e. The topological polar surface area (TPSA) is 52.9 Å². The van der Waals surface area contributed by atoms with E-state index in [4.69, 9.17) is 29.1 Å². The van der Waals surface area contributed by atoms with Gasteiger partial charge in [0, 0.05) is 5.02 Å². The lowest BCUT2D eigenvalue weighted by molar-refractivity contribution is -0.115. The van der Waals surface area contributed by atoms with E-state index in [0.717, 1.165) is 17.3 Å². The molecular weight excluding hydrogens is 300 g/mol. The Morgan fingerprint density at radius 3 is 2.63 bits per heavy atom. The third-order valence-electron chi connectivity index (χ3n) is 2.25. The molecule has 1 fully saturated rings. The molecule has 1 aliphatic rings. The van der Waals surface area contributed by atoms with Crippen LogP contribution in [0.5, 0.6) is 0 Å². The molecule has 0 radical (unpaired) electrons. The molecule has 0 bridgehead atoms. The summed E-state index contributed by atoms with van der Waals surface area (Å²) in [6.45, 7) is 0. The van der Waals surface area contributed by atoms with Crippen LogP contribution in [0.2, 0.25) is 5.02 Å². The molecule has 0 spiro atoms. The largest absolute Gasteiger partial charge is 0.307 e. The highest BCUT2D eigenvalue weighted by atomic mass is 35.5. The van der Waals surface area contributed by atoms with E-state index in [9.17, 15) is 4.79 Å². The van der Waals surface area contributed by atoms with Crippen molar-refractivity contribution in [2.75, 3.05) is 0 Å². The van der Waals surface area contributed by atoms with Crippen molar-refractivity contribution in [2.45, 2.75) is 0 Å². The number of nitriles is 1. The quantitative estimate of drug-likeness (QED) is 0.517. The van der Waals surface area contributed by atoms with Crippen LogP contribution in [0.4, 0.5) is 0 Å². The number of halogens is 1. The van der Waals surface area contributed by atoms with Crippen LogP contribution in [0.3, 0.4) is 0 Å². The maximum absolute atomic E-state index is 11.5. The van der Waals surface area contributed by atoms with Crippen LogP contribution in [-0.4, -0.2) is 10.2 Å². The predicted octanol–water partition coefficient (Wildman–Crippen LogP) is 3.28. The molecule has 1 heterocycles. The Hall–Kier alpha value is -1.61. The fourth-order valence-corrected chi connectivity index (χ4v) is 2.57. The van der Waals surface area contributed by atoms with E-state index in [2.05, 4.69) is 5.32 Å². The van der Waals surface area contributed by atoms with Gasteiger partial charge in [-0.1, -0.05) is 47.7 Å². The predicted molar refractivity (Wildman–Crippen MR) is 81.5 cm³/mol. The number of allylic oxidation sites excluding steroid dienone is 2. The number of carbonyl (C=O) groups is 1. The molecule has 6 heteroatoms. The molecule has 0 saturated carbocycles. The molecule has 1 saturated heterocycles. The first kappa shape index (κ1) is 13.8. The number of rotatable bonds is 2. The summed E-state index contributed by atoms with van der Waals surface area (Å²) < 4.78 is 0.403. The second-order valence-corrected chi connectivity index (χ2v) is 5.77. The highest BCUT2D eigenvalue weighted by Crippen LogP contribution is 2.25. The van der Waals surface area contributed by atoms with E-state index in [1.54, 1.807) is 30.3 Å². The van der Waals surface area contributed by atoms with Gasteiger partial charge in [-0.05, 0) is 29.8 Å². The van der Waals surface area contributed by atoms with Gasteiger partial charge in [0.2, 0.25) is 0 Å². The Morgan fingerprint density at radius 1 is 1.42 bits per heavy atom. The van der Waals surface area contributed by atoms with E-state index in [-0.39, 0.29) is 5.91 Å². The third kappa shape index (κ3) is 3.67. The van der Waals surface area contributed by atoms with Crippen molar-refractivity contribution in [3.8, 4) is 6.07 Å². The van der Waals surface area contributed by atoms with E-state index >= 15 is 0 Å². The number of nitrogens with zero attached hydrogens (tertiary/aromatic N) is 1. The molecule has 1 amide bonds. The zero-order valence-corrected chi connectivity index (χ0v) is 11.9. The van der Waals surface area contributed by atoms with Crippen molar-refractivity contribution in [1.29, 1.82) is 5.26 Å². The van der Waals surface area contributed by atoms with Gasteiger partial charge in [0.15, 0.2) is 0 Å². The lowest BCUT2D eigenvalue weighted by atomic mass is 10.1. The SMILES string of the molecule is N#CC(=C\c1ccc(Cl)cc1)/C=C1\SC(=S)NC1=O. The van der Waals surface area contributed by atoms with Crippen molar-refractivity contribution in [1.82, 2.24) is 5.32 Å². The number of thiocarbonyl (C=S) groups is 1. The van der Waals surface area contributed by atoms with Gasteiger partial charge in [0.25, 0.3) is 5.91 Å². The molecule has 2 rings (SSSR count). The number of carbonyl (C=O) groups excluding carboxylic acids is 1. The zero-order valence-electron chi connectivity index (χ0n) is 9.51. The van der Waals surface area contributed by atoms with Crippen molar-refractivity contribution in [2.24, 2.45) is 0 Å². The van der Waals surface area contributed by atoms with Crippen LogP contribution >= 0.6 is 35.6 Å². The van der Waals surface area contributed by atoms with E-state index in [1.165, 1.54) is 6.08 Å². The summed E-state index contributed by atoms with van der Waals surface area (Å²) in [5.41, 5.74) is 1.22. The Balaban J connectivity index is 2.28. The van der Waals surface area contributed by atoms with Crippen molar-refractivity contribution < 1.29 is 4.79 Å². The third-order valence-corrected chi connectivity index (χ3v) is 3.66. The Bertz CT molecular complexity index is 642. The molecule has 1 N–H and O–H groups in total. The minimum Gasteiger partial charge on any atom is -0.307 e. The first-order valence-electron chi connectivity index (χ1n) is 5.21. The maximum Gasteiger partial charge on any atom is 0.263 e. The van der Waals surface area contributed by atoms with Crippen molar-refractivity contribution in [3.63, 3.8) is 0 Å². The number of amides is 1. The highest BCUT2D eigenvalue weighted by Gasteiger charge is 2.22. The summed E-state index contributed by atoms with van der Waals surface area (Å²) in [5.74, 6) is -0.271. The Morgan fingerprint density at radius 2 is 2.11 bits per heavy atom. The maximum atomic E-state index is 11.5. The fraction of sp³-hybridized carbons (Fsp3) is 0. The summed E-state index contributed by atoms with van der Waals surface area (Å²) in [6.07, 6.45) is 3.20. The van der Waals surface area contributed by atoms with Crippen LogP contribution < -0.4 is 5.32 Å². The van der Waals surface area contributed by atoms with Gasteiger partial charge in [-0.15, -0.1) is 0 Å². The molecule has 0 aliphatic carbocycles. The van der Waals surface area contributed by atoms with Crippen molar-refractivity contribution >= 4 is 51.9 Å². The van der Waals surface area contributed by atoms with Gasteiger partial charge in [0.05, 0.1) is 16.5 Å². The van der Waals surface area contributed by atoms with E-state index in [0.29, 0.717) is 19.8 Å². The normalized spacial score (nSPS) is 17.5. The number of thioether (sulfide) groups is 1. The number of nitrogens with one attached hydrogen (secondary N) is 1. The number of benzene rings is 1. The summed E-state index contributed by atoms with van der Waals surface area (Å²) >= 11 is 11.8. The average Bonchev–Trinajstić information content (AvgIpc) is 2.69. The molecule has 94 valence electrons. The van der Waals surface area contributed by atoms with E-state index < -0.39 is 0 Å². The summed E-state index contributed by atoms with van der Waals surface area (Å²) in [5, 5.41) is 12.2. The molecule has 0 atom stereocenters. The molecule has 1 aromatic carbocycles.